The molecule has 4 rings (SSSR count). The van der Waals surface area contributed by atoms with E-state index in [0.29, 0.717) is 23.5 Å². The van der Waals surface area contributed by atoms with Gasteiger partial charge < -0.3 is 9.57 Å². The minimum Gasteiger partial charge on any atom is -0.377 e. The van der Waals surface area contributed by atoms with Crippen LogP contribution in [0.25, 0.3) is 0 Å². The summed E-state index contributed by atoms with van der Waals surface area (Å²) in [6, 6.07) is 8.19. The fourth-order valence-corrected chi connectivity index (χ4v) is 4.57. The van der Waals surface area contributed by atoms with E-state index in [-0.39, 0.29) is 39.4 Å². The highest BCUT2D eigenvalue weighted by Gasteiger charge is 2.62. The minimum atomic E-state index is -4.81. The first kappa shape index (κ1) is 27.6. The van der Waals surface area contributed by atoms with Crippen LogP contribution in [-0.4, -0.2) is 39.7 Å². The van der Waals surface area contributed by atoms with E-state index < -0.39 is 24.1 Å². The van der Waals surface area contributed by atoms with Gasteiger partial charge in [-0.3, -0.25) is 10.1 Å². The van der Waals surface area contributed by atoms with Crippen LogP contribution < -0.4 is 5.32 Å². The Hall–Kier alpha value is -3.41. The Morgan fingerprint density at radius 2 is 1.97 bits per heavy atom. The van der Waals surface area contributed by atoms with Crippen LogP contribution in [-0.2, 0) is 28.3 Å². The summed E-state index contributed by atoms with van der Waals surface area (Å²) in [5, 5.41) is 10.7. The zero-order valence-electron chi connectivity index (χ0n) is 20.3. The highest BCUT2D eigenvalue weighted by Crippen LogP contribution is 2.49. The molecule has 13 heteroatoms. The van der Waals surface area contributed by atoms with Crippen LogP contribution in [0.15, 0.2) is 54.2 Å². The van der Waals surface area contributed by atoms with Crippen LogP contribution in [0.1, 0.15) is 39.3 Å². The van der Waals surface area contributed by atoms with Crippen molar-refractivity contribution in [1.82, 2.24) is 14.8 Å². The van der Waals surface area contributed by atoms with Gasteiger partial charge in [-0.25, -0.2) is 4.68 Å². The van der Waals surface area contributed by atoms with Crippen molar-refractivity contribution in [2.24, 2.45) is 5.16 Å². The summed E-state index contributed by atoms with van der Waals surface area (Å²) in [6.07, 6.45) is -3.79. The molecule has 1 unspecified atom stereocenters. The van der Waals surface area contributed by atoms with Crippen molar-refractivity contribution >= 4 is 40.8 Å². The van der Waals surface area contributed by atoms with Gasteiger partial charge in [0.1, 0.15) is 6.61 Å². The lowest BCUT2D eigenvalue weighted by Gasteiger charge is -2.29. The summed E-state index contributed by atoms with van der Waals surface area (Å²) in [4.78, 5) is 22.2. The number of rotatable bonds is 8. The summed E-state index contributed by atoms with van der Waals surface area (Å²) in [6.45, 7) is 5.89. The number of anilines is 1. The molecule has 1 aliphatic rings. The summed E-state index contributed by atoms with van der Waals surface area (Å²) in [5.74, 6) is 0.0934. The average molecular weight is 568 g/mol. The average Bonchev–Trinajstić information content (AvgIpc) is 3.44. The zero-order chi connectivity index (χ0) is 27.7. The number of allylic oxidation sites excluding steroid dienone is 1. The van der Waals surface area contributed by atoms with E-state index in [2.05, 4.69) is 27.1 Å². The predicted octanol–water partition coefficient (Wildman–Crippen LogP) is 6.06. The van der Waals surface area contributed by atoms with Crippen LogP contribution in [0.5, 0.6) is 0 Å². The molecule has 0 spiro atoms. The molecular formula is C25H22Cl2F3N5O3. The van der Waals surface area contributed by atoms with Crippen LogP contribution in [0, 0.1) is 6.92 Å². The molecule has 0 radical (unpaired) electrons. The number of aromatic nitrogens is 3. The molecule has 1 aliphatic heterocycles. The molecule has 200 valence electrons. The molecule has 3 aromatic rings. The Balaban J connectivity index is 1.56. The van der Waals surface area contributed by atoms with Gasteiger partial charge in [0.2, 0.25) is 5.95 Å². The lowest BCUT2D eigenvalue weighted by molar-refractivity contribution is -0.275. The van der Waals surface area contributed by atoms with E-state index in [1.54, 1.807) is 23.7 Å². The van der Waals surface area contributed by atoms with Crippen molar-refractivity contribution in [1.29, 1.82) is 0 Å². The maximum absolute atomic E-state index is 14.3. The second kappa shape index (κ2) is 10.8. The number of ether oxygens (including phenoxy) is 1. The second-order valence-corrected chi connectivity index (χ2v) is 9.40. The van der Waals surface area contributed by atoms with Crippen LogP contribution in [0.2, 0.25) is 10.0 Å². The highest BCUT2D eigenvalue weighted by atomic mass is 35.5. The van der Waals surface area contributed by atoms with Crippen molar-refractivity contribution in [3.63, 3.8) is 0 Å². The molecule has 2 aromatic carbocycles. The van der Waals surface area contributed by atoms with E-state index in [1.165, 1.54) is 25.3 Å². The number of carbonyl (C=O) groups excluding carboxylic acids is 1. The van der Waals surface area contributed by atoms with E-state index in [4.69, 9.17) is 32.8 Å². The number of aryl methyl sites for hydroxylation is 1. The number of methoxy groups -OCH3 is 1. The fourth-order valence-electron chi connectivity index (χ4n) is 4.04. The maximum atomic E-state index is 14.3. The number of amides is 1. The standard InChI is InChI=1S/C25H22Cl2F3N5O3/c1-4-7-35-21(13-37-3)31-23(33-35)32-22(36)19-6-5-15(8-14(19)2)20-12-24(38-34-20,25(28,29)30)16-9-17(26)11-18(27)10-16/h4-6,8-11H,1,7,12-13H2,2-3H3,(H,32,33,36). The predicted molar refractivity (Wildman–Crippen MR) is 136 cm³/mol. The molecule has 1 atom stereocenters. The van der Waals surface area contributed by atoms with Gasteiger partial charge in [-0.15, -0.1) is 11.7 Å². The van der Waals surface area contributed by atoms with E-state index in [9.17, 15) is 18.0 Å². The molecule has 0 fully saturated rings. The molecule has 1 aromatic heterocycles. The molecule has 0 saturated carbocycles. The molecular weight excluding hydrogens is 546 g/mol. The number of benzene rings is 2. The monoisotopic (exact) mass is 567 g/mol. The summed E-state index contributed by atoms with van der Waals surface area (Å²) < 4.78 is 49.5. The van der Waals surface area contributed by atoms with Crippen LogP contribution in [0.4, 0.5) is 19.1 Å². The van der Waals surface area contributed by atoms with E-state index in [0.717, 1.165) is 12.1 Å². The van der Waals surface area contributed by atoms with Gasteiger partial charge in [-0.1, -0.05) is 40.5 Å². The lowest BCUT2D eigenvalue weighted by atomic mass is 9.86. The number of nitrogens with zero attached hydrogens (tertiary/aromatic N) is 4. The number of hydrogen-bond donors (Lipinski definition) is 1. The fraction of sp³-hybridized carbons (Fsp3) is 0.280. The Kier molecular flexibility index (Phi) is 7.82. The smallest absolute Gasteiger partial charge is 0.377 e. The first-order valence-electron chi connectivity index (χ1n) is 11.2. The molecule has 0 saturated heterocycles. The van der Waals surface area contributed by atoms with Crippen molar-refractivity contribution in [2.75, 3.05) is 12.4 Å². The van der Waals surface area contributed by atoms with Crippen molar-refractivity contribution in [3.8, 4) is 0 Å². The maximum Gasteiger partial charge on any atom is 0.435 e. The van der Waals surface area contributed by atoms with E-state index >= 15 is 0 Å². The summed E-state index contributed by atoms with van der Waals surface area (Å²) in [5.41, 5.74) is -1.80. The minimum absolute atomic E-state index is 0.0394. The molecule has 1 N–H and O–H groups in total. The van der Waals surface area contributed by atoms with Crippen LogP contribution in [0.3, 0.4) is 0 Å². The van der Waals surface area contributed by atoms with Gasteiger partial charge in [0.05, 0.1) is 12.3 Å². The Labute approximate surface area is 226 Å². The number of halogens is 5. The first-order valence-corrected chi connectivity index (χ1v) is 12.0. The van der Waals surface area contributed by atoms with Gasteiger partial charge in [0.15, 0.2) is 5.82 Å². The number of oxime groups is 1. The van der Waals surface area contributed by atoms with Gasteiger partial charge in [-0.05, 0) is 48.4 Å². The van der Waals surface area contributed by atoms with Crippen molar-refractivity contribution in [2.45, 2.75) is 38.3 Å². The molecule has 8 nitrogen and oxygen atoms in total. The first-order chi connectivity index (χ1) is 18.0. The largest absolute Gasteiger partial charge is 0.435 e. The highest BCUT2D eigenvalue weighted by molar-refractivity contribution is 6.34. The number of alkyl halides is 3. The third-order valence-electron chi connectivity index (χ3n) is 5.87. The molecule has 2 heterocycles. The van der Waals surface area contributed by atoms with E-state index in [1.807, 2.05) is 0 Å². The number of hydrogen-bond acceptors (Lipinski definition) is 6. The summed E-state index contributed by atoms with van der Waals surface area (Å²) in [7, 11) is 1.51. The Morgan fingerprint density at radius 3 is 2.58 bits per heavy atom. The second-order valence-electron chi connectivity index (χ2n) is 8.53. The van der Waals surface area contributed by atoms with Gasteiger partial charge in [0, 0.05) is 34.7 Å². The molecule has 38 heavy (non-hydrogen) atoms. The molecule has 0 aliphatic carbocycles. The van der Waals surface area contributed by atoms with Gasteiger partial charge in [-0.2, -0.15) is 18.2 Å². The quantitative estimate of drug-likeness (QED) is 0.334. The van der Waals surface area contributed by atoms with Gasteiger partial charge >= 0.3 is 6.18 Å². The Bertz CT molecular complexity index is 1400. The molecule has 1 amide bonds. The summed E-state index contributed by atoms with van der Waals surface area (Å²) >= 11 is 11.9. The SMILES string of the molecule is C=CCn1nc(NC(=O)c2ccc(C3=NOC(c4cc(Cl)cc(Cl)c4)(C(F)(F)F)C3)cc2C)nc1COC. The van der Waals surface area contributed by atoms with Crippen LogP contribution >= 0.6 is 23.2 Å². The molecule has 0 bridgehead atoms. The lowest BCUT2D eigenvalue weighted by Crippen LogP contribution is -2.42. The zero-order valence-corrected chi connectivity index (χ0v) is 21.8. The topological polar surface area (TPSA) is 90.6 Å². The third kappa shape index (κ3) is 5.40. The third-order valence-corrected chi connectivity index (χ3v) is 6.30. The van der Waals surface area contributed by atoms with Gasteiger partial charge in [0.25, 0.3) is 11.5 Å². The van der Waals surface area contributed by atoms with Crippen molar-refractivity contribution in [3.05, 3.63) is 87.2 Å². The van der Waals surface area contributed by atoms with Crippen molar-refractivity contribution < 1.29 is 27.5 Å². The number of nitrogens with one attached hydrogen (secondary N) is 1. The number of carbonyl (C=O) groups is 1. The Morgan fingerprint density at radius 1 is 1.26 bits per heavy atom. The normalized spacial score (nSPS) is 17.2.